The van der Waals surface area contributed by atoms with Crippen molar-refractivity contribution >= 4 is 5.78 Å². The van der Waals surface area contributed by atoms with Crippen molar-refractivity contribution in [1.82, 2.24) is 9.78 Å². The van der Waals surface area contributed by atoms with Crippen molar-refractivity contribution in [1.29, 1.82) is 0 Å². The van der Waals surface area contributed by atoms with Crippen LogP contribution < -0.4 is 4.74 Å². The highest BCUT2D eigenvalue weighted by Gasteiger charge is 2.16. The first-order valence-corrected chi connectivity index (χ1v) is 5.97. The molecule has 0 fully saturated rings. The van der Waals surface area contributed by atoms with Gasteiger partial charge < -0.3 is 9.47 Å². The molecule has 0 saturated heterocycles. The molecule has 1 heterocycles. The fourth-order valence-electron chi connectivity index (χ4n) is 1.75. The lowest BCUT2D eigenvalue weighted by Crippen LogP contribution is -2.12. The summed E-state index contributed by atoms with van der Waals surface area (Å²) in [4.78, 5) is 12.4. The third-order valence-electron chi connectivity index (χ3n) is 2.73. The number of ketones is 1. The topological polar surface area (TPSA) is 53.4 Å². The van der Waals surface area contributed by atoms with Crippen LogP contribution in [0.15, 0.2) is 36.5 Å². The molecule has 0 amide bonds. The summed E-state index contributed by atoms with van der Waals surface area (Å²) in [5.41, 5.74) is 1.06. The zero-order chi connectivity index (χ0) is 13.7. The molecule has 1 aromatic carbocycles. The molecule has 5 heteroatoms. The Balaban J connectivity index is 2.24. The van der Waals surface area contributed by atoms with Gasteiger partial charge in [0.1, 0.15) is 18.1 Å². The van der Waals surface area contributed by atoms with Crippen molar-refractivity contribution < 1.29 is 14.3 Å². The second-order valence-corrected chi connectivity index (χ2v) is 4.01. The predicted molar refractivity (Wildman–Crippen MR) is 70.5 cm³/mol. The van der Waals surface area contributed by atoms with E-state index in [9.17, 15) is 4.79 Å². The average Bonchev–Trinajstić information content (AvgIpc) is 2.85. The second kappa shape index (κ2) is 6.15. The van der Waals surface area contributed by atoms with Crippen LogP contribution in [0.1, 0.15) is 16.1 Å². The first kappa shape index (κ1) is 13.3. The summed E-state index contributed by atoms with van der Waals surface area (Å²) in [6, 6.07) is 8.86. The van der Waals surface area contributed by atoms with E-state index in [4.69, 9.17) is 9.47 Å². The summed E-state index contributed by atoms with van der Waals surface area (Å²) in [5.74, 6) is 0.457. The highest BCUT2D eigenvalue weighted by atomic mass is 16.5. The summed E-state index contributed by atoms with van der Waals surface area (Å²) in [5, 5.41) is 4.00. The number of carbonyl (C=O) groups is 1. The fourth-order valence-corrected chi connectivity index (χ4v) is 1.75. The zero-order valence-corrected chi connectivity index (χ0v) is 11.0. The normalized spacial score (nSPS) is 10.4. The van der Waals surface area contributed by atoms with Gasteiger partial charge in [0.05, 0.1) is 12.2 Å². The Morgan fingerprint density at radius 2 is 2.05 bits per heavy atom. The molecular weight excluding hydrogens is 244 g/mol. The van der Waals surface area contributed by atoms with Crippen LogP contribution in [-0.4, -0.2) is 35.9 Å². The molecule has 0 radical (unpaired) electrons. The van der Waals surface area contributed by atoms with Gasteiger partial charge in [-0.25, -0.2) is 0 Å². The number of aromatic nitrogens is 2. The summed E-state index contributed by atoms with van der Waals surface area (Å²) in [6.45, 7) is 0.889. The van der Waals surface area contributed by atoms with Crippen LogP contribution in [0, 0.1) is 0 Å². The quantitative estimate of drug-likeness (QED) is 0.585. The molecular formula is C14H16N2O3. The zero-order valence-electron chi connectivity index (χ0n) is 11.0. The first-order chi connectivity index (χ1) is 9.24. The lowest BCUT2D eigenvalue weighted by Gasteiger charge is -2.10. The minimum Gasteiger partial charge on any atom is -0.490 e. The number of rotatable bonds is 6. The van der Waals surface area contributed by atoms with Crippen LogP contribution in [0.4, 0.5) is 0 Å². The van der Waals surface area contributed by atoms with Gasteiger partial charge in [0.15, 0.2) is 0 Å². The number of nitrogens with zero attached hydrogens (tertiary/aromatic N) is 2. The predicted octanol–water partition coefficient (Wildman–Crippen LogP) is 1.68. The second-order valence-electron chi connectivity index (χ2n) is 4.01. The molecule has 1 aromatic heterocycles. The highest BCUT2D eigenvalue weighted by molar-refractivity contribution is 6.09. The Hall–Kier alpha value is -2.14. The van der Waals surface area contributed by atoms with Gasteiger partial charge in [0.25, 0.3) is 0 Å². The van der Waals surface area contributed by atoms with Gasteiger partial charge in [-0.15, -0.1) is 0 Å². The van der Waals surface area contributed by atoms with Crippen LogP contribution in [0.3, 0.4) is 0 Å². The molecule has 2 rings (SSSR count). The molecule has 0 aliphatic carbocycles. The smallest absolute Gasteiger partial charge is 0.214 e. The molecule has 0 N–H and O–H groups in total. The third kappa shape index (κ3) is 3.00. The molecule has 0 aliphatic rings. The van der Waals surface area contributed by atoms with Gasteiger partial charge >= 0.3 is 0 Å². The number of benzene rings is 1. The molecule has 0 bridgehead atoms. The van der Waals surface area contributed by atoms with E-state index in [1.165, 1.54) is 0 Å². The molecule has 0 unspecified atom stereocenters. The number of para-hydroxylation sites is 1. The number of hydrogen-bond donors (Lipinski definition) is 0. The SMILES string of the molecule is COCCOc1ccccc1C(=O)c1ccnn1C. The van der Waals surface area contributed by atoms with E-state index in [1.807, 2.05) is 12.1 Å². The van der Waals surface area contributed by atoms with Crippen LogP contribution in [0.2, 0.25) is 0 Å². The van der Waals surface area contributed by atoms with E-state index >= 15 is 0 Å². The Labute approximate surface area is 111 Å². The molecule has 0 saturated carbocycles. The Morgan fingerprint density at radius 3 is 2.74 bits per heavy atom. The van der Waals surface area contributed by atoms with E-state index < -0.39 is 0 Å². The van der Waals surface area contributed by atoms with Gasteiger partial charge in [0.2, 0.25) is 5.78 Å². The Kier molecular flexibility index (Phi) is 4.30. The molecule has 19 heavy (non-hydrogen) atoms. The summed E-state index contributed by atoms with van der Waals surface area (Å²) >= 11 is 0. The minimum absolute atomic E-state index is 0.104. The average molecular weight is 260 g/mol. The van der Waals surface area contributed by atoms with Crippen molar-refractivity contribution in [2.45, 2.75) is 0 Å². The van der Waals surface area contributed by atoms with Crippen LogP contribution >= 0.6 is 0 Å². The van der Waals surface area contributed by atoms with E-state index in [1.54, 1.807) is 43.2 Å². The summed E-state index contributed by atoms with van der Waals surface area (Å²) in [6.07, 6.45) is 1.60. The van der Waals surface area contributed by atoms with E-state index in [2.05, 4.69) is 5.10 Å². The van der Waals surface area contributed by atoms with E-state index in [0.29, 0.717) is 30.2 Å². The van der Waals surface area contributed by atoms with Gasteiger partial charge in [0, 0.05) is 20.4 Å². The van der Waals surface area contributed by atoms with Gasteiger partial charge in [-0.1, -0.05) is 12.1 Å². The van der Waals surface area contributed by atoms with Gasteiger partial charge in [-0.3, -0.25) is 9.48 Å². The summed E-state index contributed by atoms with van der Waals surface area (Å²) in [7, 11) is 3.34. The molecule has 100 valence electrons. The van der Waals surface area contributed by atoms with Crippen LogP contribution in [-0.2, 0) is 11.8 Å². The van der Waals surface area contributed by atoms with Crippen LogP contribution in [0.25, 0.3) is 0 Å². The van der Waals surface area contributed by atoms with Crippen molar-refractivity contribution in [2.75, 3.05) is 20.3 Å². The molecule has 0 aliphatic heterocycles. The maximum absolute atomic E-state index is 12.4. The molecule has 0 atom stereocenters. The first-order valence-electron chi connectivity index (χ1n) is 5.97. The maximum Gasteiger partial charge on any atom is 0.214 e. The lowest BCUT2D eigenvalue weighted by molar-refractivity contribution is 0.102. The van der Waals surface area contributed by atoms with Crippen molar-refractivity contribution in [3.8, 4) is 5.75 Å². The molecule has 0 spiro atoms. The minimum atomic E-state index is -0.104. The largest absolute Gasteiger partial charge is 0.490 e. The molecule has 5 nitrogen and oxygen atoms in total. The van der Waals surface area contributed by atoms with Crippen molar-refractivity contribution in [2.24, 2.45) is 7.05 Å². The number of aryl methyl sites for hydroxylation is 1. The van der Waals surface area contributed by atoms with Crippen molar-refractivity contribution in [3.63, 3.8) is 0 Å². The van der Waals surface area contributed by atoms with Gasteiger partial charge in [-0.05, 0) is 18.2 Å². The third-order valence-corrected chi connectivity index (χ3v) is 2.73. The number of methoxy groups -OCH3 is 1. The van der Waals surface area contributed by atoms with E-state index in [0.717, 1.165) is 0 Å². The fraction of sp³-hybridized carbons (Fsp3) is 0.286. The number of carbonyl (C=O) groups excluding carboxylic acids is 1. The number of hydrogen-bond acceptors (Lipinski definition) is 4. The maximum atomic E-state index is 12.4. The number of ether oxygens (including phenoxy) is 2. The Bertz CT molecular complexity index is 563. The monoisotopic (exact) mass is 260 g/mol. The molecule has 2 aromatic rings. The Morgan fingerprint density at radius 1 is 1.26 bits per heavy atom. The standard InChI is InChI=1S/C14H16N2O3/c1-16-12(7-8-15-16)14(17)11-5-3-4-6-13(11)19-10-9-18-2/h3-8H,9-10H2,1-2H3. The highest BCUT2D eigenvalue weighted by Crippen LogP contribution is 2.21. The summed E-state index contributed by atoms with van der Waals surface area (Å²) < 4.78 is 12.0. The van der Waals surface area contributed by atoms with Gasteiger partial charge in [-0.2, -0.15) is 5.10 Å². The van der Waals surface area contributed by atoms with Crippen LogP contribution in [0.5, 0.6) is 5.75 Å². The van der Waals surface area contributed by atoms with E-state index in [-0.39, 0.29) is 5.78 Å². The van der Waals surface area contributed by atoms with Crippen molar-refractivity contribution in [3.05, 3.63) is 47.8 Å². The lowest BCUT2D eigenvalue weighted by atomic mass is 10.1.